The van der Waals surface area contributed by atoms with Gasteiger partial charge in [-0.05, 0) is 0 Å². The Kier molecular flexibility index (Phi) is 10.4. The summed E-state index contributed by atoms with van der Waals surface area (Å²) in [7, 11) is 0. The minimum absolute atomic E-state index is 0.238. The molecule has 0 aliphatic heterocycles. The van der Waals surface area contributed by atoms with Crippen LogP contribution in [0.1, 0.15) is 29.8 Å². The van der Waals surface area contributed by atoms with Gasteiger partial charge in [0.1, 0.15) is 0 Å². The number of allylic oxidation sites excluding steroid dienone is 1. The number of nitrogens with two attached hydrogens (primary N) is 1. The van der Waals surface area contributed by atoms with Crippen LogP contribution in [-0.4, -0.2) is 73.1 Å². The van der Waals surface area contributed by atoms with Gasteiger partial charge < -0.3 is 0 Å². The van der Waals surface area contributed by atoms with Crippen LogP contribution in [0, 0.1) is 0 Å². The Bertz CT molecular complexity index is 899. The van der Waals surface area contributed by atoms with Gasteiger partial charge in [-0.15, -0.1) is 0 Å². The van der Waals surface area contributed by atoms with Crippen molar-refractivity contribution in [2.75, 3.05) is 6.61 Å². The van der Waals surface area contributed by atoms with Crippen molar-refractivity contribution in [1.29, 1.82) is 0 Å². The van der Waals surface area contributed by atoms with E-state index >= 15 is 0 Å². The first kappa shape index (κ1) is 23.8. The van der Waals surface area contributed by atoms with Gasteiger partial charge in [0, 0.05) is 0 Å². The maximum absolute atomic E-state index is 11.2. The molecule has 2 aromatic rings. The molecule has 0 atom stereocenters. The average Bonchev–Trinajstić information content (AvgIpc) is 2.71. The van der Waals surface area contributed by atoms with Crippen LogP contribution in [-0.2, 0) is 11.3 Å². The number of carbonyl (C=O) groups excluding carboxylic acids is 1. The summed E-state index contributed by atoms with van der Waals surface area (Å²) in [5.41, 5.74) is 9.67. The van der Waals surface area contributed by atoms with Gasteiger partial charge in [-0.1, -0.05) is 0 Å². The Hall–Kier alpha value is -0.479. The van der Waals surface area contributed by atoms with Crippen molar-refractivity contribution in [3.8, 4) is 11.1 Å². The monoisotopic (exact) mass is 587 g/mol. The minimum atomic E-state index is 0.238. The third-order valence-electron chi connectivity index (χ3n) is 3.85. The van der Waals surface area contributed by atoms with E-state index in [4.69, 9.17) is 10.5 Å². The summed E-state index contributed by atoms with van der Waals surface area (Å²) in [5, 5.41) is 9.79. The molecular weight excluding hydrogens is 565 g/mol. The predicted molar refractivity (Wildman–Crippen MR) is 117 cm³/mol. The Labute approximate surface area is 202 Å². The van der Waals surface area contributed by atoms with E-state index in [2.05, 4.69) is 4.40 Å². The van der Waals surface area contributed by atoms with E-state index in [9.17, 15) is 9.90 Å². The van der Waals surface area contributed by atoms with Gasteiger partial charge >= 0.3 is 205 Å². The Morgan fingerprint density at radius 1 is 1.32 bits per heavy atom. The van der Waals surface area contributed by atoms with Crippen LogP contribution in [0.3, 0.4) is 0 Å². The number of aliphatic hydroxyl groups is 1. The van der Waals surface area contributed by atoms with Gasteiger partial charge in [0.15, 0.2) is 0 Å². The van der Waals surface area contributed by atoms with Gasteiger partial charge in [-0.25, -0.2) is 0 Å². The molecule has 0 spiro atoms. The average molecular weight is 586 g/mol. The summed E-state index contributed by atoms with van der Waals surface area (Å²) in [4.78, 5) is 12.1. The Morgan fingerprint density at radius 2 is 2.07 bits per heavy atom. The quantitative estimate of drug-likeness (QED) is 0.117. The zero-order chi connectivity index (χ0) is 20.5. The summed E-state index contributed by atoms with van der Waals surface area (Å²) in [6.07, 6.45) is 1.08. The van der Waals surface area contributed by atoms with Gasteiger partial charge in [-0.2, -0.15) is 0 Å². The molecule has 0 fully saturated rings. The summed E-state index contributed by atoms with van der Waals surface area (Å²) in [6.45, 7) is 4.62. The zero-order valence-corrected chi connectivity index (χ0v) is 22.8. The summed E-state index contributed by atoms with van der Waals surface area (Å²) in [6, 6.07) is 13.5. The number of ether oxygens (including phenoxy) is 1. The first-order valence-corrected chi connectivity index (χ1v) is 20.9. The summed E-state index contributed by atoms with van der Waals surface area (Å²) >= 11 is 1.83. The van der Waals surface area contributed by atoms with E-state index in [1.807, 2.05) is 43.3 Å². The normalized spacial score (nSPS) is 12.5. The molecule has 3 N–H and O–H groups in total. The van der Waals surface area contributed by atoms with Crippen molar-refractivity contribution >= 4 is 73.3 Å². The van der Waals surface area contributed by atoms with Crippen molar-refractivity contribution in [3.63, 3.8) is 0 Å². The van der Waals surface area contributed by atoms with E-state index in [0.717, 1.165) is 32.3 Å². The van der Waals surface area contributed by atoms with Crippen molar-refractivity contribution in [1.82, 2.24) is 0 Å². The number of amidine groups is 1. The number of hydrogen-bond acceptors (Lipinski definition) is 5. The third-order valence-corrected chi connectivity index (χ3v) is 11.1. The van der Waals surface area contributed by atoms with Gasteiger partial charge in [0.2, 0.25) is 0 Å². The number of aldehydes is 1. The second kappa shape index (κ2) is 12.3. The van der Waals surface area contributed by atoms with Crippen molar-refractivity contribution in [2.24, 2.45) is 10.1 Å². The number of rotatable bonds is 9. The molecule has 143 valence electrons. The second-order valence-corrected chi connectivity index (χ2v) is 12.8. The molecule has 0 heterocycles. The van der Waals surface area contributed by atoms with E-state index < -0.39 is 0 Å². The van der Waals surface area contributed by atoms with Crippen LogP contribution < -0.4 is 5.73 Å². The van der Waals surface area contributed by atoms with Crippen LogP contribution in [0.15, 0.2) is 62.0 Å². The van der Waals surface area contributed by atoms with Crippen LogP contribution in [0.25, 0.3) is 11.1 Å². The molecule has 0 amide bonds. The first-order valence-electron chi connectivity index (χ1n) is 8.59. The SMILES string of the molecule is CCOCc1cc(C=O)ccc1-c1ccccc1SN=C(N)/C([Se][Ba])=C(/C)O. The molecule has 0 bridgehead atoms. The molecule has 2 rings (SSSR count). The van der Waals surface area contributed by atoms with Gasteiger partial charge in [-0.3, -0.25) is 0 Å². The molecule has 0 saturated heterocycles. The van der Waals surface area contributed by atoms with E-state index in [1.165, 1.54) is 11.9 Å². The van der Waals surface area contributed by atoms with E-state index in [-0.39, 0.29) is 11.9 Å². The molecular formula is C20H21BaN2O3SSe. The van der Waals surface area contributed by atoms with Crippen LogP contribution in [0.4, 0.5) is 0 Å². The zero-order valence-electron chi connectivity index (χ0n) is 15.8. The third kappa shape index (κ3) is 6.52. The Morgan fingerprint density at radius 3 is 2.71 bits per heavy atom. The van der Waals surface area contributed by atoms with Crippen LogP contribution in [0.2, 0.25) is 0 Å². The van der Waals surface area contributed by atoms with Gasteiger partial charge in [0.25, 0.3) is 0 Å². The molecule has 8 heteroatoms. The summed E-state index contributed by atoms with van der Waals surface area (Å²) in [5.74, 6) is 0.647. The molecule has 0 aromatic heterocycles. The standard InChI is InChI=1S/C20H22N2O3SSe.Ba/c1-3-25-12-15-10-14(11-23)8-9-16(15)17-6-4-5-7-18(17)26-22-20(21)19(27)13(2)24;/h4-11,24,27H,3,12H2,1-2H3,(H2,21,22);/q;+1/p-1/b19-13+;. The molecule has 0 unspecified atom stereocenters. The molecule has 5 nitrogen and oxygen atoms in total. The van der Waals surface area contributed by atoms with Crippen molar-refractivity contribution in [3.05, 3.63) is 63.8 Å². The van der Waals surface area contributed by atoms with Crippen LogP contribution >= 0.6 is 11.9 Å². The first-order chi connectivity index (χ1) is 13.5. The number of aliphatic hydroxyl groups excluding tert-OH is 1. The topological polar surface area (TPSA) is 84.9 Å². The Balaban J connectivity index is 2.44. The number of nitrogens with zero attached hydrogens (tertiary/aromatic N) is 1. The number of benzene rings is 2. The fourth-order valence-electron chi connectivity index (χ4n) is 2.55. The molecule has 0 saturated carbocycles. The molecule has 28 heavy (non-hydrogen) atoms. The van der Waals surface area contributed by atoms with Gasteiger partial charge in [0.05, 0.1) is 0 Å². The van der Waals surface area contributed by atoms with Crippen LogP contribution in [0.5, 0.6) is 0 Å². The number of hydrogen-bond donors (Lipinski definition) is 2. The van der Waals surface area contributed by atoms with Crippen molar-refractivity contribution in [2.45, 2.75) is 25.3 Å². The molecule has 0 aliphatic carbocycles. The van der Waals surface area contributed by atoms with Crippen molar-refractivity contribution < 1.29 is 14.6 Å². The summed E-state index contributed by atoms with van der Waals surface area (Å²) < 4.78 is 10.8. The fraction of sp³-hybridized carbons (Fsp3) is 0.200. The maximum atomic E-state index is 11.2. The van der Waals surface area contributed by atoms with E-state index in [0.29, 0.717) is 67.7 Å². The second-order valence-electron chi connectivity index (χ2n) is 5.79. The predicted octanol–water partition coefficient (Wildman–Crippen LogP) is 3.64. The molecule has 2 aromatic carbocycles. The molecule has 0 aliphatic rings. The number of carbonyl (C=O) groups is 1. The molecule has 1 radical (unpaired) electrons. The fourth-order valence-corrected chi connectivity index (χ4v) is 10.1. The van der Waals surface area contributed by atoms with E-state index in [1.54, 1.807) is 13.0 Å².